The molecule has 5 nitrogen and oxygen atoms in total. The van der Waals surface area contributed by atoms with Gasteiger partial charge in [0.1, 0.15) is 11.5 Å². The van der Waals surface area contributed by atoms with Crippen molar-refractivity contribution in [3.05, 3.63) is 264 Å². The molecule has 10 aromatic rings. The van der Waals surface area contributed by atoms with Crippen LogP contribution in [0.3, 0.4) is 0 Å². The lowest BCUT2D eigenvalue weighted by atomic mass is 9.63. The normalized spacial score (nSPS) is 12.3. The van der Waals surface area contributed by atoms with Gasteiger partial charge in [0.15, 0.2) is 23.2 Å². The van der Waals surface area contributed by atoms with Gasteiger partial charge in [-0.15, -0.1) is 0 Å². The van der Waals surface area contributed by atoms with Crippen molar-refractivity contribution < 1.29 is 4.74 Å². The number of para-hydroxylation sites is 1. The smallest absolute Gasteiger partial charge is 0.187 e. The molecule has 5 heteroatoms. The molecule has 0 amide bonds. The maximum Gasteiger partial charge on any atom is 0.187 e. The van der Waals surface area contributed by atoms with Crippen molar-refractivity contribution in [3.63, 3.8) is 0 Å². The average molecular weight is 819 g/mol. The van der Waals surface area contributed by atoms with Crippen LogP contribution in [-0.4, -0.2) is 15.0 Å². The topological polar surface area (TPSA) is 52.3 Å². The molecular formula is C59H38N4O. The molecule has 0 fully saturated rings. The number of ether oxygens (including phenoxy) is 1. The third kappa shape index (κ3) is 6.90. The van der Waals surface area contributed by atoms with E-state index in [1.54, 1.807) is 0 Å². The van der Waals surface area contributed by atoms with E-state index in [2.05, 4.69) is 163 Å². The van der Waals surface area contributed by atoms with Gasteiger partial charge in [0.05, 0.1) is 12.0 Å². The Morgan fingerprint density at radius 2 is 0.734 bits per heavy atom. The Morgan fingerprint density at radius 1 is 0.328 bits per heavy atom. The van der Waals surface area contributed by atoms with Crippen LogP contribution in [0.25, 0.3) is 72.4 Å². The molecule has 0 aliphatic carbocycles. The second kappa shape index (κ2) is 16.3. The minimum atomic E-state index is -0.609. The third-order valence-electron chi connectivity index (χ3n) is 12.1. The van der Waals surface area contributed by atoms with Crippen molar-refractivity contribution >= 4 is 5.69 Å². The Labute approximate surface area is 372 Å². The van der Waals surface area contributed by atoms with Crippen molar-refractivity contribution in [2.24, 2.45) is 0 Å². The molecule has 9 aromatic carbocycles. The SMILES string of the molecule is [C-]#[N+]c1ccc(-c2cccc(-c3nc(-c4ccccc4)nc(-c4cccc(-c5cccc(-c6ccc7c(c6)C(c6ccccc6)(c6ccccc6)c6ccccc6O7)c5)c4)n3)c2)cc1. The lowest BCUT2D eigenvalue weighted by Crippen LogP contribution is -2.34. The van der Waals surface area contributed by atoms with E-state index in [1.807, 2.05) is 72.8 Å². The van der Waals surface area contributed by atoms with E-state index in [0.29, 0.717) is 23.2 Å². The van der Waals surface area contributed by atoms with E-state index >= 15 is 0 Å². The predicted molar refractivity (Wildman–Crippen MR) is 257 cm³/mol. The fourth-order valence-electron chi connectivity index (χ4n) is 9.02. The Morgan fingerprint density at radius 3 is 1.30 bits per heavy atom. The summed E-state index contributed by atoms with van der Waals surface area (Å²) in [6, 6.07) is 79.6. The summed E-state index contributed by atoms with van der Waals surface area (Å²) < 4.78 is 6.70. The van der Waals surface area contributed by atoms with Crippen LogP contribution in [0.1, 0.15) is 22.3 Å². The van der Waals surface area contributed by atoms with Gasteiger partial charge in [-0.05, 0) is 80.9 Å². The van der Waals surface area contributed by atoms with Gasteiger partial charge in [0, 0.05) is 27.8 Å². The summed E-state index contributed by atoms with van der Waals surface area (Å²) >= 11 is 0. The summed E-state index contributed by atoms with van der Waals surface area (Å²) in [4.78, 5) is 18.7. The Bertz CT molecular complexity index is 3320. The van der Waals surface area contributed by atoms with Gasteiger partial charge >= 0.3 is 0 Å². The first kappa shape index (κ1) is 38.2. The van der Waals surface area contributed by atoms with Crippen molar-refractivity contribution in [1.82, 2.24) is 15.0 Å². The fraction of sp³-hybridized carbons (Fsp3) is 0.0169. The van der Waals surface area contributed by atoms with Crippen molar-refractivity contribution in [2.75, 3.05) is 0 Å². The highest BCUT2D eigenvalue weighted by Gasteiger charge is 2.45. The van der Waals surface area contributed by atoms with Crippen LogP contribution < -0.4 is 4.74 Å². The number of fused-ring (bicyclic) bond motifs is 2. The Balaban J connectivity index is 0.997. The van der Waals surface area contributed by atoms with E-state index in [9.17, 15) is 0 Å². The van der Waals surface area contributed by atoms with Crippen LogP contribution in [0.15, 0.2) is 231 Å². The monoisotopic (exact) mass is 818 g/mol. The Kier molecular flexibility index (Phi) is 9.72. The molecule has 0 radical (unpaired) electrons. The van der Waals surface area contributed by atoms with Gasteiger partial charge < -0.3 is 4.74 Å². The zero-order valence-electron chi connectivity index (χ0n) is 34.6. The number of hydrogen-bond donors (Lipinski definition) is 0. The lowest BCUT2D eigenvalue weighted by Gasteiger charge is -2.41. The molecule has 11 rings (SSSR count). The minimum absolute atomic E-state index is 0.581. The largest absolute Gasteiger partial charge is 0.457 e. The number of aromatic nitrogens is 3. The quantitative estimate of drug-likeness (QED) is 0.143. The Hall–Kier alpha value is -8.72. The number of benzene rings is 9. The molecule has 0 unspecified atom stereocenters. The standard InChI is InChI=1S/C59H38N4O/c1-60-51-33-30-40(31-34-51)42-18-14-22-47(37-42)57-61-56(41-16-5-2-6-17-41)62-58(63-57)48-23-15-21-45(38-48)43-19-13-20-44(36-43)46-32-35-55-53(39-46)59(49-24-7-3-8-25-49,50-26-9-4-10-27-50)52-28-11-12-29-54(52)64-55/h2-39H. The van der Waals surface area contributed by atoms with Crippen LogP contribution in [0.5, 0.6) is 11.5 Å². The van der Waals surface area contributed by atoms with Gasteiger partial charge in [-0.2, -0.15) is 0 Å². The van der Waals surface area contributed by atoms with Gasteiger partial charge in [0.2, 0.25) is 0 Å². The molecule has 300 valence electrons. The molecule has 0 atom stereocenters. The molecule has 2 heterocycles. The van der Waals surface area contributed by atoms with Crippen molar-refractivity contribution in [3.8, 4) is 79.0 Å². The number of rotatable bonds is 8. The highest BCUT2D eigenvalue weighted by atomic mass is 16.5. The van der Waals surface area contributed by atoms with Crippen LogP contribution in [0.4, 0.5) is 5.69 Å². The van der Waals surface area contributed by atoms with E-state index in [4.69, 9.17) is 26.3 Å². The van der Waals surface area contributed by atoms with E-state index in [-0.39, 0.29) is 0 Å². The predicted octanol–water partition coefficient (Wildman–Crippen LogP) is 14.9. The molecule has 0 saturated heterocycles. The fourth-order valence-corrected chi connectivity index (χ4v) is 9.02. The first-order valence-corrected chi connectivity index (χ1v) is 21.3. The zero-order valence-corrected chi connectivity index (χ0v) is 34.6. The molecule has 1 aliphatic rings. The van der Waals surface area contributed by atoms with Gasteiger partial charge in [-0.3, -0.25) is 0 Å². The third-order valence-corrected chi connectivity index (χ3v) is 12.1. The molecule has 0 spiro atoms. The molecule has 0 bridgehead atoms. The zero-order chi connectivity index (χ0) is 42.9. The van der Waals surface area contributed by atoms with Crippen LogP contribution >= 0.6 is 0 Å². The second-order valence-electron chi connectivity index (χ2n) is 15.9. The summed E-state index contributed by atoms with van der Waals surface area (Å²) in [5.41, 5.74) is 13.6. The summed E-state index contributed by atoms with van der Waals surface area (Å²) in [6.45, 7) is 7.36. The molecule has 0 N–H and O–H groups in total. The lowest BCUT2D eigenvalue weighted by molar-refractivity contribution is 0.434. The molecule has 1 aliphatic heterocycles. The van der Waals surface area contributed by atoms with Gasteiger partial charge in [-0.1, -0.05) is 194 Å². The maximum absolute atomic E-state index is 7.36. The van der Waals surface area contributed by atoms with Crippen LogP contribution in [0, 0.1) is 6.57 Å². The molecule has 1 aromatic heterocycles. The molecule has 0 saturated carbocycles. The number of hydrogen-bond acceptors (Lipinski definition) is 4. The van der Waals surface area contributed by atoms with Crippen LogP contribution in [0.2, 0.25) is 0 Å². The average Bonchev–Trinajstić information content (AvgIpc) is 3.38. The molecule has 64 heavy (non-hydrogen) atoms. The first-order chi connectivity index (χ1) is 31.6. The van der Waals surface area contributed by atoms with E-state index < -0.39 is 5.41 Å². The maximum atomic E-state index is 7.36. The van der Waals surface area contributed by atoms with Gasteiger partial charge in [-0.25, -0.2) is 19.8 Å². The van der Waals surface area contributed by atoms with E-state index in [1.165, 1.54) is 11.1 Å². The highest BCUT2D eigenvalue weighted by Crippen LogP contribution is 2.56. The number of nitrogens with zero attached hydrogens (tertiary/aromatic N) is 4. The highest BCUT2D eigenvalue weighted by molar-refractivity contribution is 5.80. The van der Waals surface area contributed by atoms with Crippen molar-refractivity contribution in [2.45, 2.75) is 5.41 Å². The molecular weight excluding hydrogens is 781 g/mol. The summed E-state index contributed by atoms with van der Waals surface area (Å²) in [5, 5.41) is 0. The second-order valence-corrected chi connectivity index (χ2v) is 15.9. The van der Waals surface area contributed by atoms with Crippen LogP contribution in [-0.2, 0) is 5.41 Å². The van der Waals surface area contributed by atoms with E-state index in [0.717, 1.165) is 72.7 Å². The first-order valence-electron chi connectivity index (χ1n) is 21.3. The summed E-state index contributed by atoms with van der Waals surface area (Å²) in [5.74, 6) is 3.46. The van der Waals surface area contributed by atoms with Gasteiger partial charge in [0.25, 0.3) is 0 Å². The van der Waals surface area contributed by atoms with Crippen molar-refractivity contribution in [1.29, 1.82) is 0 Å². The summed E-state index contributed by atoms with van der Waals surface area (Å²) in [7, 11) is 0. The summed E-state index contributed by atoms with van der Waals surface area (Å²) in [6.07, 6.45) is 0. The minimum Gasteiger partial charge on any atom is -0.457 e.